The van der Waals surface area contributed by atoms with E-state index in [4.69, 9.17) is 11.2 Å². The molecule has 0 atom stereocenters. The Labute approximate surface area is 154 Å². The van der Waals surface area contributed by atoms with E-state index in [1.54, 1.807) is 0 Å². The van der Waals surface area contributed by atoms with E-state index in [1.165, 1.54) is 0 Å². The maximum atomic E-state index is 11.4. The number of hydrogen-bond donors (Lipinski definition) is 0. The third-order valence-electron chi connectivity index (χ3n) is 4.63. The number of rotatable bonds is 6. The summed E-state index contributed by atoms with van der Waals surface area (Å²) in [6.45, 7) is 0.238. The molecule has 0 amide bonds. The zero-order valence-electron chi connectivity index (χ0n) is 14.5. The third kappa shape index (κ3) is 3.53. The van der Waals surface area contributed by atoms with Crippen LogP contribution in [0.2, 0.25) is 0 Å². The highest BCUT2D eigenvalue weighted by Crippen LogP contribution is 2.42. The van der Waals surface area contributed by atoms with Crippen LogP contribution in [0.1, 0.15) is 23.1 Å². The molecule has 0 radical (unpaired) electrons. The SMILES string of the molecule is C#CC(=O)OCCC(c1ccccc1)(c1ccccc1)c1ccccc1. The Hall–Kier alpha value is -3.31. The molecule has 3 aromatic carbocycles. The molecule has 0 fully saturated rings. The van der Waals surface area contributed by atoms with Gasteiger partial charge in [0.15, 0.2) is 0 Å². The summed E-state index contributed by atoms with van der Waals surface area (Å²) >= 11 is 0. The molecule has 0 unspecified atom stereocenters. The number of carbonyl (C=O) groups is 1. The maximum Gasteiger partial charge on any atom is 0.384 e. The van der Waals surface area contributed by atoms with Crippen LogP contribution in [0.25, 0.3) is 0 Å². The second kappa shape index (κ2) is 8.18. The Kier molecular flexibility index (Phi) is 5.51. The highest BCUT2D eigenvalue weighted by atomic mass is 16.5. The summed E-state index contributed by atoms with van der Waals surface area (Å²) < 4.78 is 5.24. The van der Waals surface area contributed by atoms with Gasteiger partial charge in [0.25, 0.3) is 0 Å². The summed E-state index contributed by atoms with van der Waals surface area (Å²) in [5.74, 6) is 1.38. The van der Waals surface area contributed by atoms with Gasteiger partial charge in [-0.3, -0.25) is 0 Å². The van der Waals surface area contributed by atoms with E-state index >= 15 is 0 Å². The number of carbonyl (C=O) groups excluding carboxylic acids is 1. The molecule has 128 valence electrons. The molecule has 0 N–H and O–H groups in total. The van der Waals surface area contributed by atoms with E-state index < -0.39 is 11.4 Å². The van der Waals surface area contributed by atoms with Gasteiger partial charge >= 0.3 is 5.97 Å². The van der Waals surface area contributed by atoms with E-state index in [9.17, 15) is 4.79 Å². The molecule has 0 aliphatic carbocycles. The molecule has 0 heterocycles. The lowest BCUT2D eigenvalue weighted by molar-refractivity contribution is -0.137. The van der Waals surface area contributed by atoms with Gasteiger partial charge in [-0.05, 0) is 23.1 Å². The van der Waals surface area contributed by atoms with Crippen LogP contribution in [-0.2, 0) is 14.9 Å². The molecule has 2 heteroatoms. The van der Waals surface area contributed by atoms with Gasteiger partial charge in [-0.2, -0.15) is 0 Å². The number of benzene rings is 3. The minimum atomic E-state index is -0.631. The van der Waals surface area contributed by atoms with Crippen LogP contribution in [0.5, 0.6) is 0 Å². The van der Waals surface area contributed by atoms with Crippen molar-refractivity contribution in [2.24, 2.45) is 0 Å². The van der Waals surface area contributed by atoms with Gasteiger partial charge in [-0.15, -0.1) is 6.42 Å². The fraction of sp³-hybridized carbons (Fsp3) is 0.125. The first-order chi connectivity index (χ1) is 12.8. The molecule has 3 aromatic rings. The summed E-state index contributed by atoms with van der Waals surface area (Å²) in [7, 11) is 0. The second-order valence-corrected chi connectivity index (χ2v) is 6.03. The monoisotopic (exact) mass is 340 g/mol. The van der Waals surface area contributed by atoms with Crippen LogP contribution < -0.4 is 0 Å². The average Bonchev–Trinajstić information content (AvgIpc) is 2.73. The largest absolute Gasteiger partial charge is 0.456 e. The minimum Gasteiger partial charge on any atom is -0.456 e. The molecule has 0 aromatic heterocycles. The van der Waals surface area contributed by atoms with Crippen molar-refractivity contribution in [3.05, 3.63) is 108 Å². The first-order valence-corrected chi connectivity index (χ1v) is 8.57. The molecule has 0 saturated heterocycles. The van der Waals surface area contributed by atoms with Crippen molar-refractivity contribution >= 4 is 5.97 Å². The van der Waals surface area contributed by atoms with E-state index in [-0.39, 0.29) is 6.61 Å². The molecule has 0 aliphatic rings. The van der Waals surface area contributed by atoms with Crippen molar-refractivity contribution in [3.8, 4) is 12.3 Å². The molecule has 0 saturated carbocycles. The molecular weight excluding hydrogens is 320 g/mol. The molecule has 26 heavy (non-hydrogen) atoms. The van der Waals surface area contributed by atoms with E-state index in [0.717, 1.165) is 16.7 Å². The van der Waals surface area contributed by atoms with Crippen molar-refractivity contribution in [1.29, 1.82) is 0 Å². The Morgan fingerprint density at radius 2 is 1.15 bits per heavy atom. The van der Waals surface area contributed by atoms with E-state index in [2.05, 4.69) is 36.4 Å². The summed E-state index contributed by atoms with van der Waals surface area (Å²) in [5.41, 5.74) is 3.01. The van der Waals surface area contributed by atoms with Crippen LogP contribution in [0.4, 0.5) is 0 Å². The minimum absolute atomic E-state index is 0.238. The van der Waals surface area contributed by atoms with Gasteiger partial charge < -0.3 is 4.74 Å². The Morgan fingerprint density at radius 3 is 1.50 bits per heavy atom. The summed E-state index contributed by atoms with van der Waals surface area (Å²) in [6, 6.07) is 30.9. The summed E-state index contributed by atoms with van der Waals surface area (Å²) in [6.07, 6.45) is 5.73. The first-order valence-electron chi connectivity index (χ1n) is 8.57. The van der Waals surface area contributed by atoms with Crippen LogP contribution in [-0.4, -0.2) is 12.6 Å². The van der Waals surface area contributed by atoms with Gasteiger partial charge in [-0.1, -0.05) is 91.0 Å². The van der Waals surface area contributed by atoms with Gasteiger partial charge in [0.05, 0.1) is 6.61 Å². The van der Waals surface area contributed by atoms with E-state index in [1.807, 2.05) is 60.5 Å². The van der Waals surface area contributed by atoms with Crippen molar-refractivity contribution in [1.82, 2.24) is 0 Å². The zero-order chi connectivity index (χ0) is 18.2. The molecule has 0 bridgehead atoms. The van der Waals surface area contributed by atoms with Gasteiger partial charge in [0, 0.05) is 11.3 Å². The van der Waals surface area contributed by atoms with Crippen molar-refractivity contribution in [3.63, 3.8) is 0 Å². The maximum absolute atomic E-state index is 11.4. The summed E-state index contributed by atoms with van der Waals surface area (Å²) in [4.78, 5) is 11.4. The van der Waals surface area contributed by atoms with Gasteiger partial charge in [0.1, 0.15) is 0 Å². The van der Waals surface area contributed by atoms with Crippen LogP contribution in [0.3, 0.4) is 0 Å². The first kappa shape index (κ1) is 17.5. The highest BCUT2D eigenvalue weighted by Gasteiger charge is 2.36. The lowest BCUT2D eigenvalue weighted by Gasteiger charge is -2.36. The topological polar surface area (TPSA) is 26.3 Å². The third-order valence-corrected chi connectivity index (χ3v) is 4.63. The fourth-order valence-corrected chi connectivity index (χ4v) is 3.44. The van der Waals surface area contributed by atoms with E-state index in [0.29, 0.717) is 6.42 Å². The lowest BCUT2D eigenvalue weighted by atomic mass is 9.67. The smallest absolute Gasteiger partial charge is 0.384 e. The van der Waals surface area contributed by atoms with Crippen LogP contribution >= 0.6 is 0 Å². The predicted octanol–water partition coefficient (Wildman–Crippen LogP) is 4.59. The number of ether oxygens (including phenoxy) is 1. The molecular formula is C24H20O2. The quantitative estimate of drug-likeness (QED) is 0.284. The Morgan fingerprint density at radius 1 is 0.769 bits per heavy atom. The lowest BCUT2D eigenvalue weighted by Crippen LogP contribution is -2.31. The molecule has 0 spiro atoms. The van der Waals surface area contributed by atoms with Crippen molar-refractivity contribution in [2.45, 2.75) is 11.8 Å². The second-order valence-electron chi connectivity index (χ2n) is 6.03. The predicted molar refractivity (Wildman–Crippen MR) is 104 cm³/mol. The van der Waals surface area contributed by atoms with Crippen LogP contribution in [0, 0.1) is 12.3 Å². The molecule has 2 nitrogen and oxygen atoms in total. The molecule has 3 rings (SSSR count). The number of terminal acetylenes is 1. The van der Waals surface area contributed by atoms with Gasteiger partial charge in [0.2, 0.25) is 0 Å². The average molecular weight is 340 g/mol. The Balaban J connectivity index is 2.15. The number of hydrogen-bond acceptors (Lipinski definition) is 2. The molecule has 0 aliphatic heterocycles. The van der Waals surface area contributed by atoms with Gasteiger partial charge in [-0.25, -0.2) is 4.79 Å². The zero-order valence-corrected chi connectivity index (χ0v) is 14.5. The summed E-state index contributed by atoms with van der Waals surface area (Å²) in [5, 5.41) is 0. The fourth-order valence-electron chi connectivity index (χ4n) is 3.44. The highest BCUT2D eigenvalue weighted by molar-refractivity contribution is 5.87. The standard InChI is InChI=1S/C24H20O2/c1-2-23(25)26-19-18-24(20-12-6-3-7-13-20,21-14-8-4-9-15-21)22-16-10-5-11-17-22/h1,3-17H,18-19H2. The Bertz CT molecular complexity index is 781. The normalized spacial score (nSPS) is 10.7. The number of esters is 1. The van der Waals surface area contributed by atoms with Crippen molar-refractivity contribution < 1.29 is 9.53 Å². The van der Waals surface area contributed by atoms with Crippen molar-refractivity contribution in [2.75, 3.05) is 6.61 Å². The van der Waals surface area contributed by atoms with Crippen LogP contribution in [0.15, 0.2) is 91.0 Å².